The Labute approximate surface area is 230 Å². The second-order valence-electron chi connectivity index (χ2n) is 8.48. The predicted molar refractivity (Wildman–Crippen MR) is 127 cm³/mol. The van der Waals surface area contributed by atoms with Crippen LogP contribution in [0.15, 0.2) is 36.4 Å². The van der Waals surface area contributed by atoms with Crippen molar-refractivity contribution < 1.29 is 53.5 Å². The van der Waals surface area contributed by atoms with Gasteiger partial charge in [-0.15, -0.1) is 0 Å². The summed E-state index contributed by atoms with van der Waals surface area (Å²) in [5.41, 5.74) is -4.19. The fourth-order valence-corrected chi connectivity index (χ4v) is 3.79. The lowest BCUT2D eigenvalue weighted by Gasteiger charge is -2.20. The number of nitrogens with one attached hydrogen (secondary N) is 1. The van der Waals surface area contributed by atoms with Crippen molar-refractivity contribution in [2.75, 3.05) is 20.1 Å². The number of alkyl halides is 9. The van der Waals surface area contributed by atoms with Gasteiger partial charge in [0.05, 0.1) is 22.2 Å². The lowest BCUT2D eigenvalue weighted by molar-refractivity contribution is -0.140. The van der Waals surface area contributed by atoms with Gasteiger partial charge < -0.3 is 10.2 Å². The zero-order valence-electron chi connectivity index (χ0n) is 20.3. The van der Waals surface area contributed by atoms with Crippen LogP contribution < -0.4 is 5.32 Å². The molecule has 220 valence electrons. The first-order valence-electron chi connectivity index (χ1n) is 10.8. The molecule has 1 atom stereocenters. The molecule has 0 heterocycles. The maximum absolute atomic E-state index is 15.0. The molecule has 0 aliphatic rings. The van der Waals surface area contributed by atoms with E-state index in [1.807, 2.05) is 0 Å². The molecule has 4 nitrogen and oxygen atoms in total. The summed E-state index contributed by atoms with van der Waals surface area (Å²) in [5, 5.41) is 1.11. The third-order valence-electron chi connectivity index (χ3n) is 5.33. The van der Waals surface area contributed by atoms with Crippen molar-refractivity contribution in [3.05, 3.63) is 74.3 Å². The molecule has 0 saturated heterocycles. The van der Waals surface area contributed by atoms with Gasteiger partial charge in [-0.2, -0.15) is 39.5 Å². The number of urea groups is 1. The van der Waals surface area contributed by atoms with E-state index in [1.165, 1.54) is 12.2 Å². The fourth-order valence-electron chi connectivity index (χ4n) is 3.41. The monoisotopic (exact) mass is 626 g/mol. The van der Waals surface area contributed by atoms with Crippen LogP contribution in [0.3, 0.4) is 0 Å². The molecule has 0 bridgehead atoms. The highest BCUT2D eigenvalue weighted by Gasteiger charge is 2.41. The highest BCUT2D eigenvalue weighted by molar-refractivity contribution is 6.42. The quantitative estimate of drug-likeness (QED) is 0.248. The summed E-state index contributed by atoms with van der Waals surface area (Å²) in [4.78, 5) is 24.6. The average molecular weight is 627 g/mol. The van der Waals surface area contributed by atoms with Gasteiger partial charge in [-0.3, -0.25) is 4.79 Å². The number of amides is 2. The molecule has 2 amide bonds. The first kappa shape index (κ1) is 33.2. The number of likely N-dealkylation sites (N-methyl/N-ethyl adjacent to an activating group) is 1. The Hall–Kier alpha value is -3.00. The molecule has 1 unspecified atom stereocenters. The summed E-state index contributed by atoms with van der Waals surface area (Å²) in [6, 6.07) is 1.62. The molecule has 2 aromatic rings. The smallest absolute Gasteiger partial charge is 0.329 e. The highest BCUT2D eigenvalue weighted by atomic mass is 35.5. The number of carbonyl (C=O) groups excluding carboxylic acids is 2. The molecule has 2 aromatic carbocycles. The van der Waals surface area contributed by atoms with E-state index in [2.05, 4.69) is 0 Å². The maximum atomic E-state index is 15.0. The molecule has 0 radical (unpaired) electrons. The largest absolute Gasteiger partial charge is 0.417 e. The van der Waals surface area contributed by atoms with E-state index in [9.17, 15) is 53.5 Å². The number of hydrogen-bond acceptors (Lipinski definition) is 2. The minimum Gasteiger partial charge on any atom is -0.329 e. The van der Waals surface area contributed by atoms with E-state index in [0.717, 1.165) is 19.2 Å². The van der Waals surface area contributed by atoms with Gasteiger partial charge in [-0.1, -0.05) is 41.4 Å². The normalized spacial score (nSPS) is 13.7. The SMILES string of the molecule is Cc1cc(C(/C=C(\F)c2ccc(C(=O)CN(C)C(=O)NCC(F)(F)F)c(C(F)(F)F)c2)C(F)(F)F)cc(Cl)c1Cl. The fraction of sp³-hybridized carbons (Fsp3) is 0.333. The molecule has 0 fully saturated rings. The van der Waals surface area contributed by atoms with Crippen LogP contribution in [0.2, 0.25) is 10.0 Å². The minimum absolute atomic E-state index is 0.0365. The Morgan fingerprint density at radius 1 is 1.00 bits per heavy atom. The average Bonchev–Trinajstić information content (AvgIpc) is 2.81. The van der Waals surface area contributed by atoms with Gasteiger partial charge in [0, 0.05) is 18.2 Å². The van der Waals surface area contributed by atoms with Crippen LogP contribution in [0.1, 0.15) is 38.5 Å². The summed E-state index contributed by atoms with van der Waals surface area (Å²) >= 11 is 11.7. The maximum Gasteiger partial charge on any atom is 0.417 e. The first-order valence-corrected chi connectivity index (χ1v) is 11.6. The summed E-state index contributed by atoms with van der Waals surface area (Å²) in [7, 11) is 0.843. The summed E-state index contributed by atoms with van der Waals surface area (Å²) < 4.78 is 134. The van der Waals surface area contributed by atoms with Crippen molar-refractivity contribution in [2.24, 2.45) is 0 Å². The second kappa shape index (κ2) is 12.2. The van der Waals surface area contributed by atoms with Gasteiger partial charge in [0.15, 0.2) is 5.78 Å². The lowest BCUT2D eigenvalue weighted by atomic mass is 9.94. The number of hydrogen-bond donors (Lipinski definition) is 1. The molecule has 16 heteroatoms. The first-order chi connectivity index (χ1) is 18.1. The zero-order valence-corrected chi connectivity index (χ0v) is 21.8. The van der Waals surface area contributed by atoms with Crippen LogP contribution in [0.25, 0.3) is 5.83 Å². The van der Waals surface area contributed by atoms with E-state index in [0.29, 0.717) is 17.0 Å². The van der Waals surface area contributed by atoms with E-state index >= 15 is 0 Å². The van der Waals surface area contributed by atoms with Crippen LogP contribution >= 0.6 is 23.2 Å². The summed E-state index contributed by atoms with van der Waals surface area (Å²) in [6.45, 7) is -1.52. The number of allylic oxidation sites excluding steroid dienone is 1. The van der Waals surface area contributed by atoms with Crippen molar-refractivity contribution in [3.63, 3.8) is 0 Å². The van der Waals surface area contributed by atoms with E-state index in [-0.39, 0.29) is 27.8 Å². The van der Waals surface area contributed by atoms with Crippen molar-refractivity contribution in [1.82, 2.24) is 10.2 Å². The van der Waals surface area contributed by atoms with Crippen molar-refractivity contribution >= 4 is 40.8 Å². The van der Waals surface area contributed by atoms with E-state index < -0.39 is 77.4 Å². The van der Waals surface area contributed by atoms with E-state index in [4.69, 9.17) is 23.2 Å². The Kier molecular flexibility index (Phi) is 10.2. The Morgan fingerprint density at radius 3 is 2.10 bits per heavy atom. The molecule has 40 heavy (non-hydrogen) atoms. The molecule has 0 aromatic heterocycles. The van der Waals surface area contributed by atoms with Crippen molar-refractivity contribution in [2.45, 2.75) is 31.4 Å². The van der Waals surface area contributed by atoms with Crippen LogP contribution in [-0.2, 0) is 6.18 Å². The second-order valence-corrected chi connectivity index (χ2v) is 9.26. The molecular formula is C24H18Cl2F10N2O2. The highest BCUT2D eigenvalue weighted by Crippen LogP contribution is 2.42. The standard InChI is InChI=1S/C24H18Cl2F10N2O2/c1-11-5-13(7-17(25)20(11)26)15(23(31,32)33)8-18(27)12-3-4-14(16(6-12)24(34,35)36)19(39)9-38(2)21(40)37-10-22(28,29)30/h3-8,15H,9-10H2,1-2H3,(H,37,40)/b18-8-. The van der Waals surface area contributed by atoms with E-state index in [1.54, 1.807) is 0 Å². The lowest BCUT2D eigenvalue weighted by Crippen LogP contribution is -2.43. The summed E-state index contributed by atoms with van der Waals surface area (Å²) in [6.07, 6.45) is -15.2. The number of benzene rings is 2. The molecule has 1 N–H and O–H groups in total. The Balaban J connectivity index is 2.45. The third-order valence-corrected chi connectivity index (χ3v) is 6.22. The molecule has 0 saturated carbocycles. The number of nitrogens with zero attached hydrogens (tertiary/aromatic N) is 1. The molecule has 0 aliphatic carbocycles. The number of halogens is 12. The molecule has 2 rings (SSSR count). The minimum atomic E-state index is -5.30. The van der Waals surface area contributed by atoms with Crippen molar-refractivity contribution in [1.29, 1.82) is 0 Å². The Bertz CT molecular complexity index is 1280. The van der Waals surface area contributed by atoms with Gasteiger partial charge >= 0.3 is 24.6 Å². The van der Waals surface area contributed by atoms with Gasteiger partial charge in [-0.05, 0) is 36.3 Å². The molecule has 0 spiro atoms. The van der Waals surface area contributed by atoms with Gasteiger partial charge in [0.2, 0.25) is 0 Å². The number of rotatable bonds is 7. The van der Waals surface area contributed by atoms with Crippen LogP contribution in [0, 0.1) is 6.92 Å². The summed E-state index contributed by atoms with van der Waals surface area (Å²) in [5.74, 6) is -5.73. The topological polar surface area (TPSA) is 49.4 Å². The Morgan fingerprint density at radius 2 is 1.60 bits per heavy atom. The number of aryl methyl sites for hydroxylation is 1. The van der Waals surface area contributed by atoms with Gasteiger partial charge in [0.25, 0.3) is 0 Å². The molecular weight excluding hydrogens is 609 g/mol. The van der Waals surface area contributed by atoms with Gasteiger partial charge in [0.1, 0.15) is 18.3 Å². The van der Waals surface area contributed by atoms with Crippen LogP contribution in [0.4, 0.5) is 48.7 Å². The predicted octanol–water partition coefficient (Wildman–Crippen LogP) is 8.36. The number of carbonyl (C=O) groups is 2. The molecule has 0 aliphatic heterocycles. The third kappa shape index (κ3) is 8.75. The number of ketones is 1. The number of Topliss-reactive ketones (excluding diaryl/α,β-unsaturated/α-hetero) is 1. The van der Waals surface area contributed by atoms with Gasteiger partial charge in [-0.25, -0.2) is 9.18 Å². The van der Waals surface area contributed by atoms with Crippen LogP contribution in [0.5, 0.6) is 0 Å². The van der Waals surface area contributed by atoms with Crippen LogP contribution in [-0.4, -0.2) is 49.2 Å². The van der Waals surface area contributed by atoms with Crippen molar-refractivity contribution in [3.8, 4) is 0 Å². The zero-order chi connectivity index (χ0) is 30.8.